The Balaban J connectivity index is 2.23. The molecule has 0 fully saturated rings. The zero-order chi connectivity index (χ0) is 25.9. The third-order valence-electron chi connectivity index (χ3n) is 6.15. The third-order valence-corrected chi connectivity index (χ3v) is 6.15. The highest BCUT2D eigenvalue weighted by atomic mass is 16.7. The van der Waals surface area contributed by atoms with E-state index in [0.717, 1.165) is 44.5 Å². The highest BCUT2D eigenvalue weighted by molar-refractivity contribution is 5.88. The van der Waals surface area contributed by atoms with Gasteiger partial charge in [-0.05, 0) is 80.5 Å². The predicted octanol–water partition coefficient (Wildman–Crippen LogP) is 8.70. The minimum absolute atomic E-state index is 0.164. The Morgan fingerprint density at radius 2 is 1.14 bits per heavy atom. The van der Waals surface area contributed by atoms with Gasteiger partial charge in [0, 0.05) is 11.0 Å². The second-order valence-corrected chi connectivity index (χ2v) is 10.6. The van der Waals surface area contributed by atoms with Crippen LogP contribution in [-0.2, 0) is 16.1 Å². The molecule has 3 nitrogen and oxygen atoms in total. The van der Waals surface area contributed by atoms with Crippen LogP contribution in [0.15, 0.2) is 60.4 Å². The summed E-state index contributed by atoms with van der Waals surface area (Å²) in [4.78, 5) is 13.0. The standard InChI is InChI=1S/C32H38O3/c1-20-15-22(3)27(23(4)16-20)29(28-24(5)17-21(2)18-25(28)6)30(32(7,8)9)35-31(33)34-19-26-13-11-10-12-14-26/h10-18H,19H2,1-9H3. The first-order valence-electron chi connectivity index (χ1n) is 12.2. The van der Waals surface area contributed by atoms with Crippen LogP contribution in [0.1, 0.15) is 70.8 Å². The van der Waals surface area contributed by atoms with E-state index in [1.165, 1.54) is 11.1 Å². The average molecular weight is 471 g/mol. The van der Waals surface area contributed by atoms with Gasteiger partial charge in [-0.1, -0.05) is 86.5 Å². The fourth-order valence-corrected chi connectivity index (χ4v) is 4.91. The van der Waals surface area contributed by atoms with Gasteiger partial charge in [0.25, 0.3) is 0 Å². The summed E-state index contributed by atoms with van der Waals surface area (Å²) in [6.45, 7) is 19.1. The number of hydrogen-bond donors (Lipinski definition) is 0. The molecule has 184 valence electrons. The van der Waals surface area contributed by atoms with E-state index in [1.54, 1.807) is 0 Å². The largest absolute Gasteiger partial charge is 0.513 e. The van der Waals surface area contributed by atoms with E-state index in [0.29, 0.717) is 5.76 Å². The molecule has 0 aliphatic heterocycles. The summed E-state index contributed by atoms with van der Waals surface area (Å²) in [5.74, 6) is 0.612. The van der Waals surface area contributed by atoms with Crippen molar-refractivity contribution >= 4 is 11.7 Å². The van der Waals surface area contributed by atoms with Crippen LogP contribution in [0.4, 0.5) is 4.79 Å². The van der Waals surface area contributed by atoms with Crippen LogP contribution in [0.2, 0.25) is 0 Å². The predicted molar refractivity (Wildman–Crippen MR) is 144 cm³/mol. The van der Waals surface area contributed by atoms with E-state index in [-0.39, 0.29) is 6.61 Å². The monoisotopic (exact) mass is 470 g/mol. The Kier molecular flexibility index (Phi) is 7.90. The summed E-state index contributed by atoms with van der Waals surface area (Å²) in [7, 11) is 0. The van der Waals surface area contributed by atoms with Crippen molar-refractivity contribution in [1.82, 2.24) is 0 Å². The van der Waals surface area contributed by atoms with Crippen LogP contribution in [0, 0.1) is 47.0 Å². The van der Waals surface area contributed by atoms with Gasteiger partial charge in [0.2, 0.25) is 0 Å². The van der Waals surface area contributed by atoms with E-state index in [1.807, 2.05) is 30.3 Å². The molecule has 0 spiro atoms. The number of allylic oxidation sites excluding steroid dienone is 1. The maximum absolute atomic E-state index is 13.0. The van der Waals surface area contributed by atoms with Crippen molar-refractivity contribution in [2.45, 2.75) is 68.9 Å². The van der Waals surface area contributed by atoms with Gasteiger partial charge in [-0.15, -0.1) is 0 Å². The van der Waals surface area contributed by atoms with Crippen LogP contribution in [0.25, 0.3) is 5.57 Å². The van der Waals surface area contributed by atoms with Gasteiger partial charge >= 0.3 is 6.16 Å². The molecule has 0 atom stereocenters. The topological polar surface area (TPSA) is 35.5 Å². The first kappa shape index (κ1) is 26.3. The van der Waals surface area contributed by atoms with Crippen molar-refractivity contribution in [2.75, 3.05) is 0 Å². The zero-order valence-corrected chi connectivity index (χ0v) is 22.6. The number of aryl methyl sites for hydroxylation is 6. The van der Waals surface area contributed by atoms with Crippen LogP contribution >= 0.6 is 0 Å². The van der Waals surface area contributed by atoms with Crippen LogP contribution < -0.4 is 0 Å². The van der Waals surface area contributed by atoms with Crippen LogP contribution in [0.5, 0.6) is 0 Å². The summed E-state index contributed by atoms with van der Waals surface area (Å²) in [5.41, 5.74) is 10.7. The van der Waals surface area contributed by atoms with Gasteiger partial charge in [-0.2, -0.15) is 0 Å². The lowest BCUT2D eigenvalue weighted by atomic mass is 9.79. The summed E-state index contributed by atoms with van der Waals surface area (Å²) in [6.07, 6.45) is -0.693. The highest BCUT2D eigenvalue weighted by Gasteiger charge is 2.31. The fraction of sp³-hybridized carbons (Fsp3) is 0.344. The number of hydrogen-bond acceptors (Lipinski definition) is 3. The first-order valence-corrected chi connectivity index (χ1v) is 12.2. The Morgan fingerprint density at radius 1 is 0.714 bits per heavy atom. The number of carbonyl (C=O) groups excluding carboxylic acids is 1. The summed E-state index contributed by atoms with van der Waals surface area (Å²) >= 11 is 0. The minimum atomic E-state index is -0.693. The molecule has 0 heterocycles. The molecule has 0 unspecified atom stereocenters. The van der Waals surface area contributed by atoms with E-state index < -0.39 is 11.6 Å². The van der Waals surface area contributed by atoms with Crippen molar-refractivity contribution < 1.29 is 14.3 Å². The average Bonchev–Trinajstić information content (AvgIpc) is 2.74. The number of carbonyl (C=O) groups is 1. The Bertz CT molecular complexity index is 1150. The molecule has 0 saturated carbocycles. The highest BCUT2D eigenvalue weighted by Crippen LogP contribution is 2.42. The maximum Gasteiger partial charge on any atom is 0.513 e. The molecule has 0 radical (unpaired) electrons. The second kappa shape index (κ2) is 10.5. The lowest BCUT2D eigenvalue weighted by Crippen LogP contribution is -2.20. The van der Waals surface area contributed by atoms with Crippen molar-refractivity contribution in [3.8, 4) is 0 Å². The lowest BCUT2D eigenvalue weighted by Gasteiger charge is -2.29. The van der Waals surface area contributed by atoms with Crippen molar-refractivity contribution in [3.63, 3.8) is 0 Å². The van der Waals surface area contributed by atoms with Crippen LogP contribution in [-0.4, -0.2) is 6.16 Å². The van der Waals surface area contributed by atoms with Gasteiger partial charge in [-0.25, -0.2) is 4.79 Å². The van der Waals surface area contributed by atoms with Gasteiger partial charge in [0.05, 0.1) is 0 Å². The number of benzene rings is 3. The zero-order valence-electron chi connectivity index (χ0n) is 22.6. The summed E-state index contributed by atoms with van der Waals surface area (Å²) in [6, 6.07) is 18.4. The number of rotatable bonds is 5. The Hall–Kier alpha value is -3.33. The van der Waals surface area contributed by atoms with Gasteiger partial charge in [0.1, 0.15) is 12.4 Å². The summed E-state index contributed by atoms with van der Waals surface area (Å²) in [5, 5.41) is 0. The molecule has 3 heteroatoms. The van der Waals surface area contributed by atoms with Crippen molar-refractivity contribution in [3.05, 3.63) is 110 Å². The molecular formula is C32H38O3. The molecule has 3 rings (SSSR count). The molecule has 35 heavy (non-hydrogen) atoms. The second-order valence-electron chi connectivity index (χ2n) is 10.6. The first-order chi connectivity index (χ1) is 16.4. The summed E-state index contributed by atoms with van der Waals surface area (Å²) < 4.78 is 11.6. The molecule has 0 aromatic heterocycles. The maximum atomic E-state index is 13.0. The van der Waals surface area contributed by atoms with Gasteiger partial charge < -0.3 is 9.47 Å². The molecular weight excluding hydrogens is 432 g/mol. The van der Waals surface area contributed by atoms with Crippen molar-refractivity contribution in [1.29, 1.82) is 0 Å². The molecule has 0 aliphatic carbocycles. The van der Waals surface area contributed by atoms with E-state index in [2.05, 4.69) is 86.6 Å². The van der Waals surface area contributed by atoms with E-state index in [4.69, 9.17) is 9.47 Å². The molecule has 0 amide bonds. The third kappa shape index (κ3) is 6.22. The number of ether oxygens (including phenoxy) is 2. The van der Waals surface area contributed by atoms with Crippen LogP contribution in [0.3, 0.4) is 0 Å². The molecule has 3 aromatic carbocycles. The normalized spacial score (nSPS) is 11.2. The molecule has 3 aromatic rings. The smallest absolute Gasteiger partial charge is 0.429 e. The molecule has 0 saturated heterocycles. The van der Waals surface area contributed by atoms with E-state index >= 15 is 0 Å². The minimum Gasteiger partial charge on any atom is -0.429 e. The molecule has 0 bridgehead atoms. The van der Waals surface area contributed by atoms with Gasteiger partial charge in [0.15, 0.2) is 0 Å². The van der Waals surface area contributed by atoms with E-state index in [9.17, 15) is 4.79 Å². The molecule has 0 aliphatic rings. The quantitative estimate of drug-likeness (QED) is 0.276. The van der Waals surface area contributed by atoms with Gasteiger partial charge in [-0.3, -0.25) is 0 Å². The Morgan fingerprint density at radius 3 is 1.54 bits per heavy atom. The fourth-order valence-electron chi connectivity index (χ4n) is 4.91. The Labute approximate surface area is 210 Å². The van der Waals surface area contributed by atoms with Crippen molar-refractivity contribution in [2.24, 2.45) is 5.41 Å². The lowest BCUT2D eigenvalue weighted by molar-refractivity contribution is 0.0594. The SMILES string of the molecule is Cc1cc(C)c(C(=C(OC(=O)OCc2ccccc2)C(C)(C)C)c2c(C)cc(C)cc2C)c(C)c1. The molecule has 0 N–H and O–H groups in total.